The molecule has 35 heavy (non-hydrogen) atoms. The van der Waals surface area contributed by atoms with E-state index < -0.39 is 33.6 Å². The van der Waals surface area contributed by atoms with Gasteiger partial charge >= 0.3 is 0 Å². The van der Waals surface area contributed by atoms with Crippen molar-refractivity contribution in [1.82, 2.24) is 10.2 Å². The summed E-state index contributed by atoms with van der Waals surface area (Å²) in [6, 6.07) is 10.2. The van der Waals surface area contributed by atoms with Crippen LogP contribution in [0.2, 0.25) is 0 Å². The topological polar surface area (TPSA) is 86.8 Å². The summed E-state index contributed by atoms with van der Waals surface area (Å²) >= 11 is 0. The monoisotopic (exact) mass is 509 g/mol. The number of nitrogens with zero attached hydrogens (tertiary/aromatic N) is 2. The van der Waals surface area contributed by atoms with E-state index in [9.17, 15) is 26.8 Å². The van der Waals surface area contributed by atoms with Gasteiger partial charge in [0.05, 0.1) is 11.9 Å². The number of carbonyl (C=O) groups is 2. The third-order valence-electron chi connectivity index (χ3n) is 5.56. The molecule has 0 unspecified atom stereocenters. The molecule has 2 aromatic rings. The largest absolute Gasteiger partial charge is 0.354 e. The first-order chi connectivity index (χ1) is 16.5. The lowest BCUT2D eigenvalue weighted by Crippen LogP contribution is -2.48. The second-order valence-corrected chi connectivity index (χ2v) is 10.3. The first-order valence-electron chi connectivity index (χ1n) is 11.6. The molecule has 0 saturated carbocycles. The fraction of sp³-hybridized carbons (Fsp3) is 0.440. The summed E-state index contributed by atoms with van der Waals surface area (Å²) < 4.78 is 53.2. The number of benzene rings is 2. The zero-order valence-electron chi connectivity index (χ0n) is 20.3. The Hall–Kier alpha value is -3.01. The maximum atomic E-state index is 14.3. The van der Waals surface area contributed by atoms with Gasteiger partial charge in [-0.05, 0) is 50.1 Å². The normalized spacial score (nSPS) is 12.1. The summed E-state index contributed by atoms with van der Waals surface area (Å²) in [5.41, 5.74) is 0.561. The van der Waals surface area contributed by atoms with E-state index in [1.165, 1.54) is 23.1 Å². The predicted molar refractivity (Wildman–Crippen MR) is 132 cm³/mol. The maximum Gasteiger partial charge on any atom is 0.242 e. The SMILES string of the molecule is CCCCNC(=O)[C@H](C)N(Cc1ccccc1F)C(=O)CCCN(c1ccc(F)cc1)S(C)(=O)=O. The van der Waals surface area contributed by atoms with Crippen LogP contribution < -0.4 is 9.62 Å². The molecule has 0 aliphatic carbocycles. The number of anilines is 1. The van der Waals surface area contributed by atoms with Crippen LogP contribution in [0, 0.1) is 11.6 Å². The molecule has 0 fully saturated rings. The lowest BCUT2D eigenvalue weighted by Gasteiger charge is -2.29. The number of unbranched alkanes of at least 4 members (excludes halogenated alkanes) is 1. The summed E-state index contributed by atoms with van der Waals surface area (Å²) in [7, 11) is -3.67. The molecule has 2 amide bonds. The predicted octanol–water partition coefficient (Wildman–Crippen LogP) is 3.84. The van der Waals surface area contributed by atoms with Gasteiger partial charge in [-0.2, -0.15) is 0 Å². The van der Waals surface area contributed by atoms with Crippen LogP contribution in [0.15, 0.2) is 48.5 Å². The van der Waals surface area contributed by atoms with Crippen LogP contribution in [0.5, 0.6) is 0 Å². The van der Waals surface area contributed by atoms with Crippen LogP contribution in [0.4, 0.5) is 14.5 Å². The first kappa shape index (κ1) is 28.2. The molecule has 192 valence electrons. The van der Waals surface area contributed by atoms with Gasteiger partial charge in [0.1, 0.15) is 17.7 Å². The van der Waals surface area contributed by atoms with Crippen molar-refractivity contribution in [2.24, 2.45) is 0 Å². The highest BCUT2D eigenvalue weighted by molar-refractivity contribution is 7.92. The van der Waals surface area contributed by atoms with Gasteiger partial charge in [-0.3, -0.25) is 13.9 Å². The van der Waals surface area contributed by atoms with Gasteiger partial charge in [-0.25, -0.2) is 17.2 Å². The van der Waals surface area contributed by atoms with Crippen LogP contribution in [0.1, 0.15) is 45.1 Å². The Labute approximate surface area is 206 Å². The molecule has 2 rings (SSSR count). The molecular formula is C25H33F2N3O4S. The molecule has 2 aromatic carbocycles. The van der Waals surface area contributed by atoms with Gasteiger partial charge in [0.15, 0.2) is 0 Å². The van der Waals surface area contributed by atoms with E-state index in [2.05, 4.69) is 5.32 Å². The molecule has 0 aliphatic heterocycles. The Kier molecular flexibility index (Phi) is 10.6. The van der Waals surface area contributed by atoms with E-state index >= 15 is 0 Å². The highest BCUT2D eigenvalue weighted by Crippen LogP contribution is 2.20. The smallest absolute Gasteiger partial charge is 0.242 e. The van der Waals surface area contributed by atoms with Gasteiger partial charge in [-0.1, -0.05) is 31.5 Å². The average molecular weight is 510 g/mol. The molecule has 0 bridgehead atoms. The summed E-state index contributed by atoms with van der Waals surface area (Å²) in [6.07, 6.45) is 2.82. The molecule has 0 aromatic heterocycles. The molecule has 7 nitrogen and oxygen atoms in total. The van der Waals surface area contributed by atoms with E-state index in [-0.39, 0.29) is 43.1 Å². The minimum atomic E-state index is -3.67. The standard InChI is InChI=1S/C25H33F2N3O4S/c1-4-5-16-28-25(32)19(2)29(18-20-9-6-7-10-23(20)27)24(31)11-8-17-30(35(3,33)34)22-14-12-21(26)13-15-22/h6-7,9-10,12-15,19H,4-5,8,11,16-18H2,1-3H3,(H,28,32)/t19-/m0/s1. The van der Waals surface area contributed by atoms with Crippen molar-refractivity contribution in [2.45, 2.75) is 52.1 Å². The van der Waals surface area contributed by atoms with E-state index in [1.807, 2.05) is 6.92 Å². The summed E-state index contributed by atoms with van der Waals surface area (Å²) in [5, 5.41) is 2.79. The number of halogens is 2. The molecule has 1 N–H and O–H groups in total. The molecule has 0 saturated heterocycles. The van der Waals surface area contributed by atoms with Crippen LogP contribution in [-0.2, 0) is 26.2 Å². The Bertz CT molecular complexity index is 1090. The summed E-state index contributed by atoms with van der Waals surface area (Å²) in [5.74, 6) is -1.72. The number of hydrogen-bond acceptors (Lipinski definition) is 4. The molecule has 10 heteroatoms. The quantitative estimate of drug-likeness (QED) is 0.416. The number of rotatable bonds is 13. The average Bonchev–Trinajstić information content (AvgIpc) is 2.81. The molecule has 0 radical (unpaired) electrons. The maximum absolute atomic E-state index is 14.3. The zero-order valence-corrected chi connectivity index (χ0v) is 21.2. The molecule has 0 spiro atoms. The van der Waals surface area contributed by atoms with Crippen molar-refractivity contribution in [1.29, 1.82) is 0 Å². The summed E-state index contributed by atoms with van der Waals surface area (Å²) in [6.45, 7) is 3.95. The van der Waals surface area contributed by atoms with Gasteiger partial charge < -0.3 is 10.2 Å². The van der Waals surface area contributed by atoms with Crippen molar-refractivity contribution in [3.05, 3.63) is 65.7 Å². The van der Waals surface area contributed by atoms with E-state index in [4.69, 9.17) is 0 Å². The van der Waals surface area contributed by atoms with Crippen LogP contribution in [0.3, 0.4) is 0 Å². The number of hydrogen-bond donors (Lipinski definition) is 1. The lowest BCUT2D eigenvalue weighted by atomic mass is 10.1. The number of amides is 2. The van der Waals surface area contributed by atoms with Crippen LogP contribution in [0.25, 0.3) is 0 Å². The van der Waals surface area contributed by atoms with Crippen molar-refractivity contribution in [2.75, 3.05) is 23.7 Å². The fourth-order valence-corrected chi connectivity index (χ4v) is 4.51. The minimum absolute atomic E-state index is 0.0131. The van der Waals surface area contributed by atoms with Crippen molar-refractivity contribution >= 4 is 27.5 Å². The summed E-state index contributed by atoms with van der Waals surface area (Å²) in [4.78, 5) is 27.1. The number of sulfonamides is 1. The highest BCUT2D eigenvalue weighted by atomic mass is 32.2. The zero-order chi connectivity index (χ0) is 26.0. The Balaban J connectivity index is 2.14. The third kappa shape index (κ3) is 8.61. The molecule has 0 heterocycles. The molecule has 1 atom stereocenters. The fourth-order valence-electron chi connectivity index (χ4n) is 3.54. The lowest BCUT2D eigenvalue weighted by molar-refractivity contribution is -0.140. The Morgan fingerprint density at radius 1 is 1.03 bits per heavy atom. The van der Waals surface area contributed by atoms with E-state index in [1.54, 1.807) is 25.1 Å². The minimum Gasteiger partial charge on any atom is -0.354 e. The van der Waals surface area contributed by atoms with Crippen molar-refractivity contribution in [3.8, 4) is 0 Å². The third-order valence-corrected chi connectivity index (χ3v) is 6.76. The van der Waals surface area contributed by atoms with Gasteiger partial charge in [0, 0.05) is 31.6 Å². The molecular weight excluding hydrogens is 476 g/mol. The van der Waals surface area contributed by atoms with Gasteiger partial charge in [0.25, 0.3) is 0 Å². The van der Waals surface area contributed by atoms with Gasteiger partial charge in [0.2, 0.25) is 21.8 Å². The van der Waals surface area contributed by atoms with Crippen LogP contribution in [-0.4, -0.2) is 50.5 Å². The second-order valence-electron chi connectivity index (χ2n) is 8.35. The first-order valence-corrected chi connectivity index (χ1v) is 13.4. The van der Waals surface area contributed by atoms with Crippen molar-refractivity contribution < 1.29 is 26.8 Å². The number of carbonyl (C=O) groups excluding carboxylic acids is 2. The highest BCUT2D eigenvalue weighted by Gasteiger charge is 2.27. The Morgan fingerprint density at radius 3 is 2.29 bits per heavy atom. The number of nitrogens with one attached hydrogen (secondary N) is 1. The van der Waals surface area contributed by atoms with E-state index in [0.29, 0.717) is 6.54 Å². The molecule has 0 aliphatic rings. The van der Waals surface area contributed by atoms with Crippen molar-refractivity contribution in [3.63, 3.8) is 0 Å². The second kappa shape index (κ2) is 13.2. The van der Waals surface area contributed by atoms with E-state index in [0.717, 1.165) is 35.5 Å². The van der Waals surface area contributed by atoms with Gasteiger partial charge in [-0.15, -0.1) is 0 Å². The Morgan fingerprint density at radius 2 is 1.69 bits per heavy atom. The van der Waals surface area contributed by atoms with Crippen LogP contribution >= 0.6 is 0 Å².